The molecule has 23 heavy (non-hydrogen) atoms. The van der Waals surface area contributed by atoms with E-state index in [2.05, 4.69) is 34.0 Å². The molecule has 2 aromatic rings. The van der Waals surface area contributed by atoms with E-state index < -0.39 is 0 Å². The van der Waals surface area contributed by atoms with Crippen molar-refractivity contribution >= 4 is 35.1 Å². The van der Waals surface area contributed by atoms with Crippen molar-refractivity contribution < 1.29 is 5.11 Å². The van der Waals surface area contributed by atoms with Gasteiger partial charge in [-0.25, -0.2) is 0 Å². The minimum absolute atomic E-state index is 0.114. The smallest absolute Gasteiger partial charge is 0.187 e. The van der Waals surface area contributed by atoms with Gasteiger partial charge in [0.25, 0.3) is 0 Å². The zero-order valence-corrected chi connectivity index (χ0v) is 13.9. The Balaban J connectivity index is 1.58. The molecule has 0 radical (unpaired) electrons. The van der Waals surface area contributed by atoms with E-state index in [1.165, 1.54) is 23.4 Å². The Morgan fingerprint density at radius 2 is 2.13 bits per heavy atom. The number of hydrogen-bond donors (Lipinski definition) is 3. The van der Waals surface area contributed by atoms with Crippen LogP contribution in [0.25, 0.3) is 0 Å². The van der Waals surface area contributed by atoms with Gasteiger partial charge >= 0.3 is 0 Å². The predicted molar refractivity (Wildman–Crippen MR) is 97.1 cm³/mol. The quantitative estimate of drug-likeness (QED) is 0.452. The first-order valence-electron chi connectivity index (χ1n) is 7.29. The maximum atomic E-state index is 9.71. The van der Waals surface area contributed by atoms with Gasteiger partial charge in [0.05, 0.1) is 12.3 Å². The highest BCUT2D eigenvalue weighted by Crippen LogP contribution is 2.30. The van der Waals surface area contributed by atoms with E-state index in [-0.39, 0.29) is 11.8 Å². The van der Waals surface area contributed by atoms with E-state index in [0.29, 0.717) is 15.7 Å². The summed E-state index contributed by atoms with van der Waals surface area (Å²) in [6.45, 7) is 0. The summed E-state index contributed by atoms with van der Waals surface area (Å²) in [4.78, 5) is 0. The first kappa shape index (κ1) is 15.8. The SMILES string of the molecule is Oc1ccc(Cl)cc1/C=N/NC(=S)NC1CCc2ccccc21. The van der Waals surface area contributed by atoms with Crippen LogP contribution in [0.15, 0.2) is 47.6 Å². The van der Waals surface area contributed by atoms with E-state index in [0.717, 1.165) is 12.8 Å². The minimum Gasteiger partial charge on any atom is -0.507 e. The van der Waals surface area contributed by atoms with Crippen molar-refractivity contribution in [1.29, 1.82) is 0 Å². The minimum atomic E-state index is 0.114. The van der Waals surface area contributed by atoms with Crippen molar-refractivity contribution in [2.45, 2.75) is 18.9 Å². The average molecular weight is 346 g/mol. The molecule has 0 bridgehead atoms. The Bertz CT molecular complexity index is 763. The largest absolute Gasteiger partial charge is 0.507 e. The van der Waals surface area contributed by atoms with Gasteiger partial charge < -0.3 is 10.4 Å². The average Bonchev–Trinajstić information content (AvgIpc) is 2.94. The number of aryl methyl sites for hydroxylation is 1. The molecule has 1 aliphatic carbocycles. The van der Waals surface area contributed by atoms with E-state index in [9.17, 15) is 5.11 Å². The van der Waals surface area contributed by atoms with Gasteiger partial charge in [-0.3, -0.25) is 5.43 Å². The molecule has 3 rings (SSSR count). The molecule has 0 aromatic heterocycles. The molecule has 0 saturated heterocycles. The first-order valence-corrected chi connectivity index (χ1v) is 8.08. The third-order valence-corrected chi connectivity index (χ3v) is 4.24. The predicted octanol–water partition coefficient (Wildman–Crippen LogP) is 3.53. The van der Waals surface area contributed by atoms with Gasteiger partial charge in [0.2, 0.25) is 0 Å². The molecule has 1 aliphatic rings. The van der Waals surface area contributed by atoms with Crippen molar-refractivity contribution in [3.8, 4) is 5.75 Å². The van der Waals surface area contributed by atoms with Gasteiger partial charge in [0, 0.05) is 10.6 Å². The normalized spacial score (nSPS) is 16.3. The molecule has 1 unspecified atom stereocenters. The molecule has 0 saturated carbocycles. The van der Waals surface area contributed by atoms with Crippen LogP contribution in [0.3, 0.4) is 0 Å². The number of hydrazone groups is 1. The molecule has 0 fully saturated rings. The third kappa shape index (κ3) is 3.81. The zero-order chi connectivity index (χ0) is 16.2. The van der Waals surface area contributed by atoms with Gasteiger partial charge in [-0.2, -0.15) is 5.10 Å². The standard InChI is InChI=1S/C17H16ClN3OS/c18-13-6-8-16(22)12(9-13)10-19-21-17(23)20-15-7-5-11-3-1-2-4-14(11)15/h1-4,6,8-10,15,22H,5,7H2,(H2,20,21,23)/b19-10+. The van der Waals surface area contributed by atoms with E-state index >= 15 is 0 Å². The highest BCUT2D eigenvalue weighted by atomic mass is 35.5. The molecule has 0 heterocycles. The fourth-order valence-electron chi connectivity index (χ4n) is 2.69. The van der Waals surface area contributed by atoms with Crippen LogP contribution in [0.4, 0.5) is 0 Å². The van der Waals surface area contributed by atoms with Crippen molar-refractivity contribution in [2.75, 3.05) is 0 Å². The van der Waals surface area contributed by atoms with E-state index in [1.54, 1.807) is 12.1 Å². The van der Waals surface area contributed by atoms with Crippen molar-refractivity contribution in [2.24, 2.45) is 5.10 Å². The zero-order valence-electron chi connectivity index (χ0n) is 12.3. The van der Waals surface area contributed by atoms with Gasteiger partial charge in [-0.15, -0.1) is 0 Å². The van der Waals surface area contributed by atoms with Gasteiger partial charge in [-0.05, 0) is 54.4 Å². The number of benzene rings is 2. The molecule has 0 aliphatic heterocycles. The Hall–Kier alpha value is -2.11. The Kier molecular flexibility index (Phi) is 4.79. The van der Waals surface area contributed by atoms with Crippen molar-refractivity contribution in [1.82, 2.24) is 10.7 Å². The number of hydrogen-bond acceptors (Lipinski definition) is 3. The monoisotopic (exact) mass is 345 g/mol. The molecular formula is C17H16ClN3OS. The summed E-state index contributed by atoms with van der Waals surface area (Å²) in [5.74, 6) is 0.114. The Morgan fingerprint density at radius 3 is 3.00 bits per heavy atom. The van der Waals surface area contributed by atoms with Crippen LogP contribution in [-0.4, -0.2) is 16.4 Å². The molecular weight excluding hydrogens is 330 g/mol. The highest BCUT2D eigenvalue weighted by molar-refractivity contribution is 7.80. The maximum Gasteiger partial charge on any atom is 0.187 e. The van der Waals surface area contributed by atoms with Crippen LogP contribution in [0, 0.1) is 0 Å². The summed E-state index contributed by atoms with van der Waals surface area (Å²) in [7, 11) is 0. The number of nitrogens with one attached hydrogen (secondary N) is 2. The molecule has 3 N–H and O–H groups in total. The van der Waals surface area contributed by atoms with E-state index in [1.807, 2.05) is 6.07 Å². The van der Waals surface area contributed by atoms with Crippen LogP contribution < -0.4 is 10.7 Å². The fraction of sp³-hybridized carbons (Fsp3) is 0.176. The van der Waals surface area contributed by atoms with Crippen LogP contribution >= 0.6 is 23.8 Å². The lowest BCUT2D eigenvalue weighted by Gasteiger charge is -2.15. The van der Waals surface area contributed by atoms with Gasteiger partial charge in [-0.1, -0.05) is 35.9 Å². The maximum absolute atomic E-state index is 9.71. The molecule has 6 heteroatoms. The lowest BCUT2D eigenvalue weighted by molar-refractivity contribution is 0.474. The number of phenolic OH excluding ortho intramolecular Hbond substituents is 1. The second kappa shape index (κ2) is 6.98. The molecule has 4 nitrogen and oxygen atoms in total. The van der Waals surface area contributed by atoms with Crippen LogP contribution in [0.2, 0.25) is 5.02 Å². The first-order chi connectivity index (χ1) is 11.1. The summed E-state index contributed by atoms with van der Waals surface area (Å²) < 4.78 is 0. The summed E-state index contributed by atoms with van der Waals surface area (Å²) >= 11 is 11.2. The molecule has 1 atom stereocenters. The van der Waals surface area contributed by atoms with Crippen LogP contribution in [0.1, 0.15) is 29.2 Å². The number of fused-ring (bicyclic) bond motifs is 1. The van der Waals surface area contributed by atoms with Crippen LogP contribution in [-0.2, 0) is 6.42 Å². The second-order valence-electron chi connectivity index (χ2n) is 5.34. The molecule has 0 amide bonds. The number of rotatable bonds is 3. The summed E-state index contributed by atoms with van der Waals surface area (Å²) in [6, 6.07) is 13.3. The highest BCUT2D eigenvalue weighted by Gasteiger charge is 2.22. The van der Waals surface area contributed by atoms with Crippen LogP contribution in [0.5, 0.6) is 5.75 Å². The molecule has 2 aromatic carbocycles. The second-order valence-corrected chi connectivity index (χ2v) is 6.18. The Labute approximate surface area is 145 Å². The summed E-state index contributed by atoms with van der Waals surface area (Å²) in [6.07, 6.45) is 3.55. The lowest BCUT2D eigenvalue weighted by atomic mass is 10.1. The number of phenols is 1. The topological polar surface area (TPSA) is 56.7 Å². The lowest BCUT2D eigenvalue weighted by Crippen LogP contribution is -2.34. The molecule has 118 valence electrons. The van der Waals surface area contributed by atoms with Crippen molar-refractivity contribution in [3.63, 3.8) is 0 Å². The third-order valence-electron chi connectivity index (χ3n) is 3.80. The van der Waals surface area contributed by atoms with Gasteiger partial charge in [0.1, 0.15) is 5.75 Å². The summed E-state index contributed by atoms with van der Waals surface area (Å²) in [5.41, 5.74) is 5.94. The number of aromatic hydroxyl groups is 1. The van der Waals surface area contributed by atoms with Crippen molar-refractivity contribution in [3.05, 3.63) is 64.2 Å². The summed E-state index contributed by atoms with van der Waals surface area (Å²) in [5, 5.41) is 18.0. The number of thiocarbonyl (C=S) groups is 1. The fourth-order valence-corrected chi connectivity index (χ4v) is 3.06. The van der Waals surface area contributed by atoms with Gasteiger partial charge in [0.15, 0.2) is 5.11 Å². The number of nitrogens with zero attached hydrogens (tertiary/aromatic N) is 1. The molecule has 0 spiro atoms. The van der Waals surface area contributed by atoms with E-state index in [4.69, 9.17) is 23.8 Å². The Morgan fingerprint density at radius 1 is 1.30 bits per heavy atom. The number of halogens is 1.